The molecule has 5 nitrogen and oxygen atoms in total. The number of carbonyl (C=O) groups is 2. The average Bonchev–Trinajstić information content (AvgIpc) is 2.44. The van der Waals surface area contributed by atoms with Crippen LogP contribution in [0.3, 0.4) is 0 Å². The molecule has 1 aliphatic heterocycles. The Morgan fingerprint density at radius 1 is 1.06 bits per heavy atom. The summed E-state index contributed by atoms with van der Waals surface area (Å²) < 4.78 is 35.2. The van der Waals surface area contributed by atoms with Gasteiger partial charge < -0.3 is 0 Å². The predicted molar refractivity (Wildman–Crippen MR) is 48.5 cm³/mol. The van der Waals surface area contributed by atoms with Gasteiger partial charge in [-0.15, -0.1) is 0 Å². The molecule has 0 aliphatic carbocycles. The minimum Gasteiger partial charge on any atom is -0.288 e. The Labute approximate surface area is 89.1 Å². The van der Waals surface area contributed by atoms with Crippen molar-refractivity contribution in [2.45, 2.75) is 25.4 Å². The number of hydrogen-bond acceptors (Lipinski definition) is 3. The summed E-state index contributed by atoms with van der Waals surface area (Å²) in [5, 5.41) is 4.28. The van der Waals surface area contributed by atoms with Crippen LogP contribution in [0, 0.1) is 0 Å². The summed E-state index contributed by atoms with van der Waals surface area (Å²) in [5.74, 6) is -1.62. The third-order valence-corrected chi connectivity index (χ3v) is 1.81. The van der Waals surface area contributed by atoms with E-state index in [-0.39, 0.29) is 25.3 Å². The van der Waals surface area contributed by atoms with Gasteiger partial charge in [-0.3, -0.25) is 25.2 Å². The number of nitrogens with one attached hydrogen (secondary N) is 2. The quantitative estimate of drug-likeness (QED) is 0.546. The molecule has 0 unspecified atom stereocenters. The van der Waals surface area contributed by atoms with E-state index < -0.39 is 24.4 Å². The second-order valence-electron chi connectivity index (χ2n) is 3.21. The van der Waals surface area contributed by atoms with Crippen molar-refractivity contribution in [1.29, 1.82) is 0 Å². The molecule has 0 bridgehead atoms. The summed E-state index contributed by atoms with van der Waals surface area (Å²) in [7, 11) is 0. The Morgan fingerprint density at radius 3 is 2.12 bits per heavy atom. The van der Waals surface area contributed by atoms with Crippen LogP contribution in [0.15, 0.2) is 4.99 Å². The lowest BCUT2D eigenvalue weighted by molar-refractivity contribution is -0.135. The van der Waals surface area contributed by atoms with Gasteiger partial charge in [0.05, 0.1) is 0 Å². The van der Waals surface area contributed by atoms with Crippen molar-refractivity contribution in [1.82, 2.24) is 10.6 Å². The number of nitrogens with zero attached hydrogens (tertiary/aromatic N) is 1. The third-order valence-electron chi connectivity index (χ3n) is 1.81. The Hall–Kier alpha value is -1.60. The van der Waals surface area contributed by atoms with Gasteiger partial charge in [-0.25, -0.2) is 0 Å². The van der Waals surface area contributed by atoms with Gasteiger partial charge in [-0.1, -0.05) is 0 Å². The van der Waals surface area contributed by atoms with Crippen LogP contribution in [-0.4, -0.2) is 30.5 Å². The minimum atomic E-state index is -4.15. The van der Waals surface area contributed by atoms with E-state index in [0.29, 0.717) is 0 Å². The van der Waals surface area contributed by atoms with Crippen LogP contribution in [0.2, 0.25) is 0 Å². The first-order valence-corrected chi connectivity index (χ1v) is 4.62. The molecule has 1 heterocycles. The number of aliphatic imine (C=N–C) groups is 1. The van der Waals surface area contributed by atoms with Crippen LogP contribution in [0.5, 0.6) is 0 Å². The van der Waals surface area contributed by atoms with E-state index in [9.17, 15) is 22.8 Å². The first-order chi connectivity index (χ1) is 7.38. The number of amides is 2. The van der Waals surface area contributed by atoms with Crippen LogP contribution < -0.4 is 10.6 Å². The molecule has 0 spiro atoms. The fraction of sp³-hybridized carbons (Fsp3) is 0.625. The summed E-state index contributed by atoms with van der Waals surface area (Å²) in [4.78, 5) is 25.0. The average molecular weight is 237 g/mol. The van der Waals surface area contributed by atoms with Crippen molar-refractivity contribution < 1.29 is 22.8 Å². The molecular formula is C8H10F3N3O2. The molecule has 0 aromatic carbocycles. The Bertz CT molecular complexity index is 307. The number of rotatable bonds is 4. The van der Waals surface area contributed by atoms with Gasteiger partial charge >= 0.3 is 18.0 Å². The number of hydrogen-bond donors (Lipinski definition) is 2. The van der Waals surface area contributed by atoms with Crippen LogP contribution in [-0.2, 0) is 9.59 Å². The van der Waals surface area contributed by atoms with Gasteiger partial charge in [-0.05, 0) is 12.8 Å². The largest absolute Gasteiger partial charge is 0.389 e. The Morgan fingerprint density at radius 2 is 1.62 bits per heavy atom. The lowest BCUT2D eigenvalue weighted by Crippen LogP contribution is -2.25. The summed E-state index contributed by atoms with van der Waals surface area (Å²) >= 11 is 0. The van der Waals surface area contributed by atoms with Crippen molar-refractivity contribution in [2.75, 3.05) is 6.54 Å². The van der Waals surface area contributed by atoms with Gasteiger partial charge in [0.25, 0.3) is 0 Å². The van der Waals surface area contributed by atoms with E-state index in [4.69, 9.17) is 0 Å². The lowest BCUT2D eigenvalue weighted by atomic mass is 10.2. The van der Waals surface area contributed by atoms with Crippen LogP contribution >= 0.6 is 0 Å². The molecule has 16 heavy (non-hydrogen) atoms. The van der Waals surface area contributed by atoms with Crippen molar-refractivity contribution in [3.05, 3.63) is 0 Å². The van der Waals surface area contributed by atoms with Gasteiger partial charge in [-0.2, -0.15) is 13.2 Å². The zero-order valence-electron chi connectivity index (χ0n) is 8.23. The molecule has 1 fully saturated rings. The summed E-state index contributed by atoms with van der Waals surface area (Å²) in [6.07, 6.45) is -4.78. The topological polar surface area (TPSA) is 70.6 Å². The summed E-state index contributed by atoms with van der Waals surface area (Å²) in [5.41, 5.74) is 0. The SMILES string of the molecule is O=C1NC(=NCCCCC(F)(F)F)NC1=O. The van der Waals surface area contributed by atoms with E-state index >= 15 is 0 Å². The van der Waals surface area contributed by atoms with Crippen LogP contribution in [0.25, 0.3) is 0 Å². The predicted octanol–water partition coefficient (Wildman–Crippen LogP) is 0.321. The highest BCUT2D eigenvalue weighted by atomic mass is 19.4. The smallest absolute Gasteiger partial charge is 0.288 e. The maximum Gasteiger partial charge on any atom is 0.389 e. The maximum absolute atomic E-state index is 11.7. The van der Waals surface area contributed by atoms with Crippen LogP contribution in [0.1, 0.15) is 19.3 Å². The fourth-order valence-corrected chi connectivity index (χ4v) is 1.07. The number of halogens is 3. The number of unbranched alkanes of at least 4 members (excludes halogenated alkanes) is 1. The Kier molecular flexibility index (Phi) is 3.86. The van der Waals surface area contributed by atoms with Crippen molar-refractivity contribution in [3.8, 4) is 0 Å². The second-order valence-corrected chi connectivity index (χ2v) is 3.21. The summed E-state index contributed by atoms with van der Waals surface area (Å²) in [6, 6.07) is 0. The maximum atomic E-state index is 11.7. The number of carbonyl (C=O) groups excluding carboxylic acids is 2. The molecular weight excluding hydrogens is 227 g/mol. The number of alkyl halides is 3. The molecule has 0 atom stereocenters. The molecule has 0 aromatic heterocycles. The molecule has 0 radical (unpaired) electrons. The van der Waals surface area contributed by atoms with Gasteiger partial charge in [0.2, 0.25) is 5.96 Å². The van der Waals surface area contributed by atoms with E-state index in [1.807, 2.05) is 0 Å². The van der Waals surface area contributed by atoms with Crippen LogP contribution in [0.4, 0.5) is 13.2 Å². The molecule has 2 N–H and O–H groups in total. The van der Waals surface area contributed by atoms with Crippen molar-refractivity contribution >= 4 is 17.8 Å². The fourth-order valence-electron chi connectivity index (χ4n) is 1.07. The van der Waals surface area contributed by atoms with E-state index in [1.165, 1.54) is 0 Å². The van der Waals surface area contributed by atoms with Crippen molar-refractivity contribution in [3.63, 3.8) is 0 Å². The molecule has 90 valence electrons. The first-order valence-electron chi connectivity index (χ1n) is 4.62. The summed E-state index contributed by atoms with van der Waals surface area (Å²) in [6.45, 7) is 0.131. The van der Waals surface area contributed by atoms with E-state index in [1.54, 1.807) is 0 Å². The Balaban J connectivity index is 2.19. The van der Waals surface area contributed by atoms with E-state index in [2.05, 4.69) is 15.6 Å². The molecule has 0 aromatic rings. The highest BCUT2D eigenvalue weighted by Crippen LogP contribution is 2.21. The highest BCUT2D eigenvalue weighted by Gasteiger charge is 2.26. The monoisotopic (exact) mass is 237 g/mol. The standard InChI is InChI=1S/C8H10F3N3O2/c9-8(10,11)3-1-2-4-12-7-13-5(15)6(16)14-7/h1-4H2,(H2,12,13,14,15,16). The molecule has 1 saturated heterocycles. The van der Waals surface area contributed by atoms with Gasteiger partial charge in [0.1, 0.15) is 0 Å². The number of guanidine groups is 1. The lowest BCUT2D eigenvalue weighted by Gasteiger charge is -2.04. The normalized spacial score (nSPS) is 16.1. The zero-order valence-corrected chi connectivity index (χ0v) is 8.23. The molecule has 0 saturated carbocycles. The molecule has 2 amide bonds. The highest BCUT2D eigenvalue weighted by molar-refractivity contribution is 6.45. The van der Waals surface area contributed by atoms with Gasteiger partial charge in [0.15, 0.2) is 0 Å². The first kappa shape index (κ1) is 12.5. The van der Waals surface area contributed by atoms with Gasteiger partial charge in [0, 0.05) is 13.0 Å². The minimum absolute atomic E-state index is 0.00186. The second kappa shape index (κ2) is 4.95. The zero-order chi connectivity index (χ0) is 12.2. The van der Waals surface area contributed by atoms with E-state index in [0.717, 1.165) is 0 Å². The molecule has 1 aliphatic rings. The third kappa shape index (κ3) is 4.28. The van der Waals surface area contributed by atoms with Crippen molar-refractivity contribution in [2.24, 2.45) is 4.99 Å². The molecule has 1 rings (SSSR count). The molecule has 8 heteroatoms.